The minimum Gasteiger partial charge on any atom is -0.395 e. The molecule has 0 unspecified atom stereocenters. The van der Waals surface area contributed by atoms with Gasteiger partial charge in [-0.15, -0.1) is 0 Å². The van der Waals surface area contributed by atoms with Crippen molar-refractivity contribution in [2.75, 3.05) is 25.1 Å². The van der Waals surface area contributed by atoms with Gasteiger partial charge in [0.05, 0.1) is 6.61 Å². The smallest absolute Gasteiger partial charge is 0.395 e. The average Bonchev–Trinajstić information content (AvgIpc) is 2.17. The number of halogens is 3. The van der Waals surface area contributed by atoms with Gasteiger partial charge >= 0.3 is 6.18 Å². The number of aliphatic hydroxyl groups is 1. The normalized spacial score (nSPS) is 11.5. The molecule has 1 aromatic heterocycles. The molecule has 0 saturated carbocycles. The number of nitrogens with zero attached hydrogens (tertiary/aromatic N) is 3. The molecule has 0 saturated heterocycles. The third-order valence-electron chi connectivity index (χ3n) is 1.71. The molecule has 1 rings (SSSR count). The SMILES string of the molecule is CN(CCO)c1nccc(C(F)(F)F)n1. The van der Waals surface area contributed by atoms with Gasteiger partial charge in [-0.25, -0.2) is 9.97 Å². The van der Waals surface area contributed by atoms with E-state index in [0.717, 1.165) is 12.3 Å². The number of rotatable bonds is 3. The minimum absolute atomic E-state index is 0.0566. The number of likely N-dealkylation sites (N-methyl/N-ethyl adjacent to an activating group) is 1. The second kappa shape index (κ2) is 4.43. The van der Waals surface area contributed by atoms with Crippen molar-refractivity contribution in [1.82, 2.24) is 9.97 Å². The molecule has 0 bridgehead atoms. The van der Waals surface area contributed by atoms with Gasteiger partial charge in [-0.3, -0.25) is 0 Å². The summed E-state index contributed by atoms with van der Waals surface area (Å²) in [5.74, 6) is -0.0566. The maximum atomic E-state index is 12.3. The summed E-state index contributed by atoms with van der Waals surface area (Å²) in [6, 6.07) is 0.802. The van der Waals surface area contributed by atoms with E-state index in [0.29, 0.717) is 0 Å². The molecule has 0 fully saturated rings. The molecule has 0 spiro atoms. The third kappa shape index (κ3) is 3.05. The van der Waals surface area contributed by atoms with Crippen LogP contribution in [0.4, 0.5) is 19.1 Å². The summed E-state index contributed by atoms with van der Waals surface area (Å²) in [5.41, 5.74) is -0.989. The van der Waals surface area contributed by atoms with Gasteiger partial charge in [-0.2, -0.15) is 13.2 Å². The van der Waals surface area contributed by atoms with Crippen molar-refractivity contribution in [3.05, 3.63) is 18.0 Å². The lowest BCUT2D eigenvalue weighted by Gasteiger charge is -2.16. The first-order valence-electron chi connectivity index (χ1n) is 4.17. The van der Waals surface area contributed by atoms with Gasteiger partial charge in [-0.05, 0) is 6.07 Å². The molecule has 0 atom stereocenters. The second-order valence-corrected chi connectivity index (χ2v) is 2.88. The molecule has 7 heteroatoms. The summed E-state index contributed by atoms with van der Waals surface area (Å²) in [7, 11) is 1.51. The van der Waals surface area contributed by atoms with Crippen LogP contribution in [0.1, 0.15) is 5.69 Å². The molecular formula is C8H10F3N3O. The maximum absolute atomic E-state index is 12.3. The topological polar surface area (TPSA) is 49.2 Å². The highest BCUT2D eigenvalue weighted by Crippen LogP contribution is 2.27. The van der Waals surface area contributed by atoms with Crippen LogP contribution in [0.3, 0.4) is 0 Å². The molecule has 0 radical (unpaired) electrons. The lowest BCUT2D eigenvalue weighted by molar-refractivity contribution is -0.141. The largest absolute Gasteiger partial charge is 0.433 e. The van der Waals surface area contributed by atoms with Gasteiger partial charge in [0, 0.05) is 19.8 Å². The van der Waals surface area contributed by atoms with Crippen LogP contribution in [0, 0.1) is 0 Å². The van der Waals surface area contributed by atoms with E-state index in [1.54, 1.807) is 0 Å². The van der Waals surface area contributed by atoms with E-state index in [2.05, 4.69) is 9.97 Å². The lowest BCUT2D eigenvalue weighted by atomic mass is 10.4. The zero-order valence-electron chi connectivity index (χ0n) is 7.99. The summed E-state index contributed by atoms with van der Waals surface area (Å²) in [4.78, 5) is 8.36. The van der Waals surface area contributed by atoms with Crippen molar-refractivity contribution < 1.29 is 18.3 Å². The molecule has 0 aromatic carbocycles. The standard InChI is InChI=1S/C8H10F3N3O/c1-14(4-5-15)7-12-3-2-6(13-7)8(9,10)11/h2-3,15H,4-5H2,1H3. The van der Waals surface area contributed by atoms with Crippen molar-refractivity contribution in [1.29, 1.82) is 0 Å². The van der Waals surface area contributed by atoms with Crippen molar-refractivity contribution in [2.45, 2.75) is 6.18 Å². The number of hydrogen-bond acceptors (Lipinski definition) is 4. The van der Waals surface area contributed by atoms with Gasteiger partial charge in [0.1, 0.15) is 5.69 Å². The van der Waals surface area contributed by atoms with Crippen LogP contribution in [0.25, 0.3) is 0 Å². The number of hydrogen-bond donors (Lipinski definition) is 1. The number of alkyl halides is 3. The molecule has 1 heterocycles. The molecule has 0 aliphatic carbocycles. The Morgan fingerprint density at radius 1 is 1.47 bits per heavy atom. The van der Waals surface area contributed by atoms with Gasteiger partial charge in [-0.1, -0.05) is 0 Å². The molecule has 1 N–H and O–H groups in total. The van der Waals surface area contributed by atoms with Crippen LogP contribution in [0.15, 0.2) is 12.3 Å². The number of aromatic nitrogens is 2. The first-order chi connectivity index (χ1) is 6.95. The van der Waals surface area contributed by atoms with Crippen LogP contribution in [-0.4, -0.2) is 35.3 Å². The summed E-state index contributed by atoms with van der Waals surface area (Å²) in [5, 5.41) is 8.61. The van der Waals surface area contributed by atoms with Gasteiger partial charge in [0.15, 0.2) is 0 Å². The quantitative estimate of drug-likeness (QED) is 0.824. The van der Waals surface area contributed by atoms with E-state index >= 15 is 0 Å². The molecule has 15 heavy (non-hydrogen) atoms. The molecule has 0 aliphatic rings. The highest BCUT2D eigenvalue weighted by Gasteiger charge is 2.32. The van der Waals surface area contributed by atoms with Gasteiger partial charge in [0.2, 0.25) is 5.95 Å². The summed E-state index contributed by atoms with van der Waals surface area (Å²) in [6.07, 6.45) is -3.43. The Morgan fingerprint density at radius 2 is 2.13 bits per heavy atom. The van der Waals surface area contributed by atoms with Crippen LogP contribution in [0.5, 0.6) is 0 Å². The van der Waals surface area contributed by atoms with E-state index in [-0.39, 0.29) is 19.1 Å². The highest BCUT2D eigenvalue weighted by molar-refractivity contribution is 5.29. The second-order valence-electron chi connectivity index (χ2n) is 2.88. The number of anilines is 1. The van der Waals surface area contributed by atoms with E-state index in [1.165, 1.54) is 11.9 Å². The molecule has 1 aromatic rings. The summed E-state index contributed by atoms with van der Waals surface area (Å²) >= 11 is 0. The molecule has 0 amide bonds. The first kappa shape index (κ1) is 11.7. The monoisotopic (exact) mass is 221 g/mol. The Bertz CT molecular complexity index is 329. The highest BCUT2D eigenvalue weighted by atomic mass is 19.4. The predicted octanol–water partition coefficient (Wildman–Crippen LogP) is 0.924. The Balaban J connectivity index is 2.92. The van der Waals surface area contributed by atoms with Crippen molar-refractivity contribution in [3.8, 4) is 0 Å². The van der Waals surface area contributed by atoms with E-state index in [9.17, 15) is 13.2 Å². The first-order valence-corrected chi connectivity index (χ1v) is 4.17. The Labute approximate surface area is 84.4 Å². The fraction of sp³-hybridized carbons (Fsp3) is 0.500. The van der Waals surface area contributed by atoms with Crippen molar-refractivity contribution in [2.24, 2.45) is 0 Å². The number of aliphatic hydroxyl groups excluding tert-OH is 1. The van der Waals surface area contributed by atoms with Crippen LogP contribution in [0.2, 0.25) is 0 Å². The van der Waals surface area contributed by atoms with E-state index in [1.807, 2.05) is 0 Å². The van der Waals surface area contributed by atoms with Crippen molar-refractivity contribution >= 4 is 5.95 Å². The predicted molar refractivity (Wildman–Crippen MR) is 47.4 cm³/mol. The van der Waals surface area contributed by atoms with Crippen LogP contribution < -0.4 is 4.90 Å². The van der Waals surface area contributed by atoms with Gasteiger partial charge in [0.25, 0.3) is 0 Å². The zero-order chi connectivity index (χ0) is 11.5. The molecule has 84 valence electrons. The zero-order valence-corrected chi connectivity index (χ0v) is 7.99. The fourth-order valence-electron chi connectivity index (χ4n) is 0.940. The Kier molecular flexibility index (Phi) is 3.46. The summed E-state index contributed by atoms with van der Waals surface area (Å²) < 4.78 is 36.8. The average molecular weight is 221 g/mol. The Morgan fingerprint density at radius 3 is 2.67 bits per heavy atom. The van der Waals surface area contributed by atoms with Crippen LogP contribution >= 0.6 is 0 Å². The Hall–Kier alpha value is -1.37. The maximum Gasteiger partial charge on any atom is 0.433 e. The van der Waals surface area contributed by atoms with E-state index in [4.69, 9.17) is 5.11 Å². The summed E-state index contributed by atoms with van der Waals surface area (Å²) in [6.45, 7) is 0.0113. The molecule has 4 nitrogen and oxygen atoms in total. The molecule has 0 aliphatic heterocycles. The van der Waals surface area contributed by atoms with Gasteiger partial charge < -0.3 is 10.0 Å². The van der Waals surface area contributed by atoms with Crippen molar-refractivity contribution in [3.63, 3.8) is 0 Å². The minimum atomic E-state index is -4.47. The molecular weight excluding hydrogens is 211 g/mol. The van der Waals surface area contributed by atoms with Crippen LogP contribution in [-0.2, 0) is 6.18 Å². The third-order valence-corrected chi connectivity index (χ3v) is 1.71. The fourth-order valence-corrected chi connectivity index (χ4v) is 0.940. The van der Waals surface area contributed by atoms with E-state index < -0.39 is 11.9 Å². The lowest BCUT2D eigenvalue weighted by Crippen LogP contribution is -2.24.